The molecule has 4 bridgehead atoms. The Morgan fingerprint density at radius 1 is 0.597 bits per heavy atom. The summed E-state index contributed by atoms with van der Waals surface area (Å²) >= 11 is 0.789. The van der Waals surface area contributed by atoms with Gasteiger partial charge in [-0.15, -0.1) is 11.8 Å². The van der Waals surface area contributed by atoms with Crippen LogP contribution in [0.3, 0.4) is 0 Å². The maximum absolute atomic E-state index is 16.3. The highest BCUT2D eigenvalue weighted by Gasteiger charge is 2.47. The number of primary amides is 2. The van der Waals surface area contributed by atoms with Gasteiger partial charge in [-0.2, -0.15) is 0 Å². The number of carbonyl (C=O) groups excluding carboxylic acids is 18. The Kier molecular flexibility index (Phi) is 41.1. The molecule has 17 amide bonds. The zero-order chi connectivity index (χ0) is 105. The van der Waals surface area contributed by atoms with Crippen LogP contribution in [0.2, 0.25) is 0 Å². The number of hydrogen-bond donors (Lipinski definition) is 18. The molecule has 6 aromatic rings. The first-order valence-electron chi connectivity index (χ1n) is 49.0. The molecule has 21 N–H and O–H groups in total. The fourth-order valence-electron chi connectivity index (χ4n) is 18.5. The number of likely N-dealkylation sites (N-methyl/N-ethyl adjacent to an activating group) is 3. The molecule has 0 radical (unpaired) electrons. The first kappa shape index (κ1) is 112. The van der Waals surface area contributed by atoms with Gasteiger partial charge in [-0.1, -0.05) is 140 Å². The first-order chi connectivity index (χ1) is 68.5. The molecule has 0 saturated carbocycles. The lowest BCUT2D eigenvalue weighted by atomic mass is 9.75. The number of nitrogens with one attached hydrogen (secondary N) is 12. The molecule has 0 spiro atoms. The SMILES string of the molecule is CCCC[C@H]1C(=O)N(C)[C@@H](CCCC)C(=O)N[C@@H](CC(C)C)C(=O)N[C@H](C(=O)NCC(N)=O)CSCC(=O)N[C@@H](Cc2ccc(O)cc2)C(=O)N(C)[C@@H](C)C(=O)N[C@@H](CC(N)=O)C(=O)N2CCC[C@H]2C(=O)N[C@H]2CNCc3cc(C)ccc3B(O)OC(=O)Cn3cc(c4ccccc43)C[C@H](NC(=O)[C@H](CCN)NC(=O)[C@H](Cc3c[nH]c4ccccc34)NC(=O)[C@@H]3C[C@@H](O)CN3C(=O)[C@H](CC(C)C)NC2=O)C(=O)N1C. The Bertz CT molecular complexity index is 5640. The second kappa shape index (κ2) is 52.6. The highest BCUT2D eigenvalue weighted by molar-refractivity contribution is 8.00. The van der Waals surface area contributed by atoms with Gasteiger partial charge in [-0.3, -0.25) is 86.3 Å². The standard InChI is InChI=1S/C99H138BN21O22S/c1-12-14-24-78-92(134)109-69(37-54(3)4)89(131)115-76(87(129)106-48-83(103)125)52-144-53-84(126)107-72(40-58-29-31-62(122)32-30-58)95(137)116(9)57(8)86(128)111-74(44-82(102)124)97(139)120-36-20-27-79(120)93(135)114-75-47-104-45-60-39-56(7)28-33-66(60)100(142)143-85(127)51-119-49-61(65-22-17-19-26-77(65)119)42-73(96(138)118(11)80(25-15-13-2)99(141)117(78)10)113-88(130)68(34-35-101)108-90(132)70(41-59-46-105-67-23-18-16-21-64(59)67)110-94(136)81-43-63(123)50-121(81)98(140)71(38-55(5)6)112-91(75)133/h16-19,21-23,26,28-33,39,46,49,54-55,57,63,68-76,78-81,104-105,122-123,142H,12-15,20,24-25,27,34-38,40-45,47-48,50-53,101H2,1-11H3,(H2,102,124)(H2,103,125)(H,106,129)(H,107,126)(H,108,132)(H,109,134)(H,110,136)(H,111,128)(H,112,133)(H,113,130)(H,114,135)(H,115,131)/t57-,63+,68-,69-,70-,71-,72-,73-,74-,75-,76-,78-,79-,80-,81-/m0/s1. The van der Waals surface area contributed by atoms with Gasteiger partial charge in [-0.25, -0.2) is 0 Å². The summed E-state index contributed by atoms with van der Waals surface area (Å²) in [7, 11) is 1.93. The summed E-state index contributed by atoms with van der Waals surface area (Å²) < 4.78 is 7.35. The van der Waals surface area contributed by atoms with Gasteiger partial charge in [0.15, 0.2) is 0 Å². The number of aryl methyl sites for hydroxylation is 1. The minimum Gasteiger partial charge on any atom is -0.508 e. The largest absolute Gasteiger partial charge is 0.562 e. The van der Waals surface area contributed by atoms with Crippen molar-refractivity contribution in [1.29, 1.82) is 0 Å². The molecule has 144 heavy (non-hydrogen) atoms. The van der Waals surface area contributed by atoms with Crippen LogP contribution in [0.15, 0.2) is 103 Å². The normalized spacial score (nSPS) is 24.8. The second-order valence-corrected chi connectivity index (χ2v) is 39.4. The third-order valence-electron chi connectivity index (χ3n) is 26.3. The number of aliphatic hydroxyl groups excluding tert-OH is 1. The maximum atomic E-state index is 16.3. The lowest BCUT2D eigenvalue weighted by Gasteiger charge is -2.36. The van der Waals surface area contributed by atoms with E-state index in [1.54, 1.807) is 101 Å². The number of H-pyrrole nitrogens is 1. The number of aromatic nitrogens is 2. The molecule has 0 aliphatic carbocycles. The predicted octanol–water partition coefficient (Wildman–Crippen LogP) is -1.94. The Hall–Kier alpha value is -13.5. The van der Waals surface area contributed by atoms with Crippen LogP contribution in [-0.4, -0.2) is 319 Å². The predicted molar refractivity (Wildman–Crippen MR) is 535 cm³/mol. The highest BCUT2D eigenvalue weighted by Crippen LogP contribution is 2.30. The summed E-state index contributed by atoms with van der Waals surface area (Å²) in [5.74, 6) is -18.8. The Balaban J connectivity index is 1.12. The summed E-state index contributed by atoms with van der Waals surface area (Å²) in [5.41, 5.74) is 20.9. The second-order valence-electron chi connectivity index (χ2n) is 38.4. The van der Waals surface area contributed by atoms with Gasteiger partial charge in [0.25, 0.3) is 0 Å². The van der Waals surface area contributed by atoms with Gasteiger partial charge in [0.2, 0.25) is 100 Å². The fourth-order valence-corrected chi connectivity index (χ4v) is 19.3. The molecule has 4 aromatic carbocycles. The topological polar surface area (TPSA) is 624 Å². The van der Waals surface area contributed by atoms with Crippen molar-refractivity contribution in [3.8, 4) is 5.75 Å². The quantitative estimate of drug-likeness (QED) is 0.0349. The van der Waals surface area contributed by atoms with E-state index in [2.05, 4.69) is 63.5 Å². The van der Waals surface area contributed by atoms with E-state index in [0.29, 0.717) is 75.3 Å². The third-order valence-corrected chi connectivity index (χ3v) is 27.3. The number of phenolic OH excluding ortho intramolecular Hbond substituents is 1. The Morgan fingerprint density at radius 3 is 1.89 bits per heavy atom. The average Bonchev–Trinajstić information content (AvgIpc) is 1.62. The number of thioether (sulfide) groups is 1. The van der Waals surface area contributed by atoms with Crippen molar-refractivity contribution in [3.63, 3.8) is 0 Å². The minimum absolute atomic E-state index is 0.00689. The van der Waals surface area contributed by atoms with E-state index < -0.39 is 267 Å². The van der Waals surface area contributed by atoms with Gasteiger partial charge in [-0.05, 0) is 124 Å². The van der Waals surface area contributed by atoms with Gasteiger partial charge in [0.1, 0.15) is 96.9 Å². The number of aromatic hydroxyl groups is 1. The molecule has 6 heterocycles. The van der Waals surface area contributed by atoms with Crippen molar-refractivity contribution in [3.05, 3.63) is 131 Å². The molecule has 10 rings (SSSR count). The van der Waals surface area contributed by atoms with Crippen molar-refractivity contribution in [1.82, 2.24) is 92.5 Å². The van der Waals surface area contributed by atoms with Crippen molar-refractivity contribution in [2.24, 2.45) is 29.0 Å². The van der Waals surface area contributed by atoms with Crippen molar-refractivity contribution in [2.45, 2.75) is 262 Å². The van der Waals surface area contributed by atoms with Gasteiger partial charge in [0, 0.05) is 118 Å². The zero-order valence-corrected chi connectivity index (χ0v) is 84.1. The number of nitrogens with two attached hydrogens (primary N) is 3. The molecule has 780 valence electrons. The van der Waals surface area contributed by atoms with E-state index in [0.717, 1.165) is 31.4 Å². The Morgan fingerprint density at radius 2 is 1.21 bits per heavy atom. The molecule has 0 unspecified atom stereocenters. The molecular formula is C99H138BN21O22S. The van der Waals surface area contributed by atoms with Crippen LogP contribution in [0.5, 0.6) is 5.75 Å². The molecule has 4 aliphatic rings. The molecule has 2 saturated heterocycles. The van der Waals surface area contributed by atoms with Crippen LogP contribution in [0, 0.1) is 18.8 Å². The third kappa shape index (κ3) is 30.3. The molecule has 2 fully saturated rings. The number of nitrogens with zero attached hydrogens (tertiary/aromatic N) is 6. The molecule has 15 atom stereocenters. The van der Waals surface area contributed by atoms with E-state index in [4.69, 9.17) is 21.9 Å². The van der Waals surface area contributed by atoms with Crippen molar-refractivity contribution in [2.75, 3.05) is 65.4 Å². The lowest BCUT2D eigenvalue weighted by molar-refractivity contribution is -0.149. The number of rotatable bonds is 21. The molecule has 43 nitrogen and oxygen atoms in total. The van der Waals surface area contributed by atoms with Crippen LogP contribution in [-0.2, 0) is 123 Å². The van der Waals surface area contributed by atoms with E-state index >= 15 is 52.7 Å². The van der Waals surface area contributed by atoms with Gasteiger partial charge >= 0.3 is 13.1 Å². The lowest BCUT2D eigenvalue weighted by Crippen LogP contribution is -2.62. The van der Waals surface area contributed by atoms with Crippen LogP contribution >= 0.6 is 11.8 Å². The van der Waals surface area contributed by atoms with E-state index in [1.165, 1.54) is 74.1 Å². The van der Waals surface area contributed by atoms with Gasteiger partial charge in [0.05, 0.1) is 24.8 Å². The van der Waals surface area contributed by atoms with Crippen LogP contribution in [0.1, 0.15) is 160 Å². The Labute approximate surface area is 840 Å². The smallest absolute Gasteiger partial charge is 0.508 e. The molecular weight excluding hydrogens is 1880 g/mol. The van der Waals surface area contributed by atoms with Crippen molar-refractivity contribution >= 4 is 153 Å². The number of para-hydroxylation sites is 2. The summed E-state index contributed by atoms with van der Waals surface area (Å²) in [6.45, 7) is 10.7. The van der Waals surface area contributed by atoms with Crippen molar-refractivity contribution < 1.29 is 106 Å². The number of hydrogen-bond acceptors (Lipinski definition) is 25. The maximum Gasteiger partial charge on any atom is 0.562 e. The van der Waals surface area contributed by atoms with E-state index in [-0.39, 0.29) is 94.6 Å². The van der Waals surface area contributed by atoms with Gasteiger partial charge < -0.3 is 130 Å². The van der Waals surface area contributed by atoms with E-state index in [9.17, 15) is 48.8 Å². The summed E-state index contributed by atoms with van der Waals surface area (Å²) in [6.07, 6.45) is 0.634. The number of benzene rings is 4. The number of carbonyl (C=O) groups is 18. The monoisotopic (exact) mass is 2020 g/mol. The van der Waals surface area contributed by atoms with Crippen LogP contribution < -0.4 is 81.1 Å². The van der Waals surface area contributed by atoms with Crippen LogP contribution in [0.4, 0.5) is 0 Å². The van der Waals surface area contributed by atoms with Crippen LogP contribution in [0.25, 0.3) is 21.8 Å². The first-order valence-corrected chi connectivity index (χ1v) is 50.1. The number of aromatic amines is 1. The number of phenols is 1. The summed E-state index contributed by atoms with van der Waals surface area (Å²) in [6, 6.07) is 2.20. The fraction of sp³-hybridized carbons (Fsp3) is 0.535. The average molecular weight is 2020 g/mol. The number of aliphatic hydroxyl groups is 1. The molecule has 2 aromatic heterocycles. The van der Waals surface area contributed by atoms with E-state index in [1.807, 2.05) is 13.8 Å². The minimum atomic E-state index is -2.00. The molecule has 4 aliphatic heterocycles. The summed E-state index contributed by atoms with van der Waals surface area (Å²) in [4.78, 5) is 278. The number of amides is 17. The number of unbranched alkanes of at least 4 members (excludes halogenated alkanes) is 2. The zero-order valence-electron chi connectivity index (χ0n) is 83.3. The number of fused-ring (bicyclic) bond motifs is 11. The highest BCUT2D eigenvalue weighted by atomic mass is 32.2. The molecule has 45 heteroatoms. The summed E-state index contributed by atoms with van der Waals surface area (Å²) in [5, 5.41) is 65.4.